The minimum Gasteiger partial charge on any atom is -0.350 e. The molecule has 0 saturated heterocycles. The first-order chi connectivity index (χ1) is 8.08. The second-order valence-corrected chi connectivity index (χ2v) is 4.41. The lowest BCUT2D eigenvalue weighted by molar-refractivity contribution is 0.249. The second-order valence-electron chi connectivity index (χ2n) is 4.41. The van der Waals surface area contributed by atoms with Crippen LogP contribution in [0.25, 0.3) is 0 Å². The highest BCUT2D eigenvalue weighted by Gasteiger charge is 2.05. The van der Waals surface area contributed by atoms with Gasteiger partial charge in [-0.3, -0.25) is 0 Å². The summed E-state index contributed by atoms with van der Waals surface area (Å²) in [6.45, 7) is 4.23. The van der Waals surface area contributed by atoms with Crippen LogP contribution >= 0.6 is 0 Å². The minimum atomic E-state index is -0.626. The van der Waals surface area contributed by atoms with E-state index in [9.17, 15) is 4.79 Å². The van der Waals surface area contributed by atoms with E-state index in [4.69, 9.17) is 5.73 Å². The number of hydrazone groups is 1. The molecule has 3 N–H and O–H groups in total. The predicted molar refractivity (Wildman–Crippen MR) is 69.8 cm³/mol. The Morgan fingerprint density at radius 3 is 2.53 bits per heavy atom. The Balaban J connectivity index is 2.70. The third kappa shape index (κ3) is 5.70. The molecule has 0 heterocycles. The van der Waals surface area contributed by atoms with Crippen molar-refractivity contribution < 1.29 is 4.79 Å². The van der Waals surface area contributed by atoms with Crippen molar-refractivity contribution in [2.45, 2.75) is 26.7 Å². The molecule has 0 aromatic heterocycles. The van der Waals surface area contributed by atoms with E-state index < -0.39 is 6.03 Å². The smallest absolute Gasteiger partial charge is 0.332 e. The van der Waals surface area contributed by atoms with Gasteiger partial charge >= 0.3 is 6.03 Å². The Hall–Kier alpha value is -1.84. The highest BCUT2D eigenvalue weighted by atomic mass is 16.2. The molecule has 0 atom stereocenters. The zero-order valence-electron chi connectivity index (χ0n) is 10.3. The maximum atomic E-state index is 10.6. The van der Waals surface area contributed by atoms with E-state index in [1.54, 1.807) is 0 Å². The van der Waals surface area contributed by atoms with E-state index in [1.807, 2.05) is 30.3 Å². The average molecular weight is 233 g/mol. The molecule has 17 heavy (non-hydrogen) atoms. The summed E-state index contributed by atoms with van der Waals surface area (Å²) in [4.78, 5) is 10.6. The topological polar surface area (TPSA) is 67.5 Å². The third-order valence-corrected chi connectivity index (χ3v) is 2.22. The first kappa shape index (κ1) is 13.2. The van der Waals surface area contributed by atoms with Gasteiger partial charge in [0, 0.05) is 12.1 Å². The zero-order chi connectivity index (χ0) is 12.7. The summed E-state index contributed by atoms with van der Waals surface area (Å²) in [5.74, 6) is 0.493. The number of urea groups is 1. The SMILES string of the molecule is CC(C)C/C(Cc1ccccc1)=N\NC(N)=O. The van der Waals surface area contributed by atoms with Crippen LogP contribution in [0.4, 0.5) is 4.79 Å². The van der Waals surface area contributed by atoms with Crippen LogP contribution in [0.3, 0.4) is 0 Å². The number of nitrogens with zero attached hydrogens (tertiary/aromatic N) is 1. The number of benzene rings is 1. The molecule has 0 saturated carbocycles. The molecule has 1 rings (SSSR count). The van der Waals surface area contributed by atoms with Crippen LogP contribution < -0.4 is 11.2 Å². The summed E-state index contributed by atoms with van der Waals surface area (Å²) in [6, 6.07) is 9.41. The van der Waals surface area contributed by atoms with Gasteiger partial charge < -0.3 is 5.73 Å². The average Bonchev–Trinajstić information content (AvgIpc) is 2.26. The molecular formula is C13H19N3O. The van der Waals surface area contributed by atoms with Crippen molar-refractivity contribution in [2.24, 2.45) is 16.8 Å². The van der Waals surface area contributed by atoms with Crippen molar-refractivity contribution in [1.82, 2.24) is 5.43 Å². The van der Waals surface area contributed by atoms with Crippen LogP contribution in [0.2, 0.25) is 0 Å². The fraction of sp³-hybridized carbons (Fsp3) is 0.385. The molecule has 0 aliphatic carbocycles. The normalized spacial score (nSPS) is 11.6. The van der Waals surface area contributed by atoms with Crippen molar-refractivity contribution >= 4 is 11.7 Å². The Morgan fingerprint density at radius 1 is 1.35 bits per heavy atom. The van der Waals surface area contributed by atoms with E-state index >= 15 is 0 Å². The molecule has 0 radical (unpaired) electrons. The van der Waals surface area contributed by atoms with Gasteiger partial charge in [0.25, 0.3) is 0 Å². The van der Waals surface area contributed by atoms with Crippen LogP contribution in [0.5, 0.6) is 0 Å². The van der Waals surface area contributed by atoms with Gasteiger partial charge in [0.15, 0.2) is 0 Å². The van der Waals surface area contributed by atoms with Gasteiger partial charge in [-0.05, 0) is 17.9 Å². The number of rotatable bonds is 5. The number of hydrogen-bond acceptors (Lipinski definition) is 2. The number of carbonyl (C=O) groups is 1. The third-order valence-electron chi connectivity index (χ3n) is 2.22. The van der Waals surface area contributed by atoms with Gasteiger partial charge in [0.2, 0.25) is 0 Å². The summed E-state index contributed by atoms with van der Waals surface area (Å²) in [6.07, 6.45) is 1.58. The van der Waals surface area contributed by atoms with Crippen molar-refractivity contribution in [3.8, 4) is 0 Å². The maximum Gasteiger partial charge on any atom is 0.332 e. The highest BCUT2D eigenvalue weighted by molar-refractivity contribution is 5.87. The molecule has 0 aliphatic heterocycles. The summed E-state index contributed by atoms with van der Waals surface area (Å²) in [5.41, 5.74) is 9.42. The highest BCUT2D eigenvalue weighted by Crippen LogP contribution is 2.08. The van der Waals surface area contributed by atoms with Gasteiger partial charge in [0.05, 0.1) is 0 Å². The van der Waals surface area contributed by atoms with E-state index in [1.165, 1.54) is 5.56 Å². The van der Waals surface area contributed by atoms with Gasteiger partial charge in [-0.2, -0.15) is 5.10 Å². The Labute approximate surface area is 102 Å². The van der Waals surface area contributed by atoms with Gasteiger partial charge in [0.1, 0.15) is 0 Å². The van der Waals surface area contributed by atoms with Gasteiger partial charge in [-0.15, -0.1) is 0 Å². The van der Waals surface area contributed by atoms with Crippen molar-refractivity contribution in [3.63, 3.8) is 0 Å². The Bertz CT molecular complexity index is 385. The standard InChI is InChI=1S/C13H19N3O/c1-10(2)8-12(15-16-13(14)17)9-11-6-4-3-5-7-11/h3-7,10H,8-9H2,1-2H3,(H3,14,16,17)/b15-12+. The van der Waals surface area contributed by atoms with E-state index in [2.05, 4.69) is 24.4 Å². The fourth-order valence-electron chi connectivity index (χ4n) is 1.59. The molecule has 0 bridgehead atoms. The monoisotopic (exact) mass is 233 g/mol. The number of hydrogen-bond donors (Lipinski definition) is 2. The first-order valence-electron chi connectivity index (χ1n) is 5.72. The molecule has 1 aromatic rings. The lowest BCUT2D eigenvalue weighted by Crippen LogP contribution is -2.26. The van der Waals surface area contributed by atoms with Crippen LogP contribution in [0.15, 0.2) is 35.4 Å². The van der Waals surface area contributed by atoms with Gasteiger partial charge in [-0.25, -0.2) is 10.2 Å². The molecule has 0 fully saturated rings. The van der Waals surface area contributed by atoms with Crippen LogP contribution in [0.1, 0.15) is 25.8 Å². The van der Waals surface area contributed by atoms with E-state index in [0.29, 0.717) is 5.92 Å². The fourth-order valence-corrected chi connectivity index (χ4v) is 1.59. The molecular weight excluding hydrogens is 214 g/mol. The van der Waals surface area contributed by atoms with E-state index in [0.717, 1.165) is 18.6 Å². The zero-order valence-corrected chi connectivity index (χ0v) is 10.3. The number of nitrogens with two attached hydrogens (primary N) is 1. The second kappa shape index (κ2) is 6.68. The molecule has 92 valence electrons. The molecule has 1 aromatic carbocycles. The summed E-state index contributed by atoms with van der Waals surface area (Å²) < 4.78 is 0. The van der Waals surface area contributed by atoms with Crippen LogP contribution in [-0.2, 0) is 6.42 Å². The quantitative estimate of drug-likeness (QED) is 0.594. The summed E-state index contributed by atoms with van der Waals surface area (Å²) in [7, 11) is 0. The number of primary amides is 1. The lowest BCUT2D eigenvalue weighted by atomic mass is 10.0. The van der Waals surface area contributed by atoms with Gasteiger partial charge in [-0.1, -0.05) is 44.2 Å². The maximum absolute atomic E-state index is 10.6. The first-order valence-corrected chi connectivity index (χ1v) is 5.72. The largest absolute Gasteiger partial charge is 0.350 e. The van der Waals surface area contributed by atoms with Crippen LogP contribution in [0, 0.1) is 5.92 Å². The number of nitrogens with one attached hydrogen (secondary N) is 1. The Morgan fingerprint density at radius 2 is 2.00 bits per heavy atom. The number of amides is 2. The van der Waals surface area contributed by atoms with Crippen molar-refractivity contribution in [1.29, 1.82) is 0 Å². The summed E-state index contributed by atoms with van der Waals surface area (Å²) >= 11 is 0. The van der Waals surface area contributed by atoms with Crippen molar-refractivity contribution in [2.75, 3.05) is 0 Å². The summed E-state index contributed by atoms with van der Waals surface area (Å²) in [5, 5.41) is 4.05. The number of carbonyl (C=O) groups excluding carboxylic acids is 1. The molecule has 0 unspecified atom stereocenters. The van der Waals surface area contributed by atoms with Crippen LogP contribution in [-0.4, -0.2) is 11.7 Å². The lowest BCUT2D eigenvalue weighted by Gasteiger charge is -2.09. The predicted octanol–water partition coefficient (Wildman–Crippen LogP) is 2.30. The molecule has 0 aliphatic rings. The van der Waals surface area contributed by atoms with E-state index in [-0.39, 0.29) is 0 Å². The molecule has 4 nitrogen and oxygen atoms in total. The molecule has 0 spiro atoms. The molecule has 2 amide bonds. The van der Waals surface area contributed by atoms with Crippen molar-refractivity contribution in [3.05, 3.63) is 35.9 Å². The Kier molecular flexibility index (Phi) is 5.20. The molecule has 4 heteroatoms. The minimum absolute atomic E-state index is 0.493.